The van der Waals surface area contributed by atoms with E-state index in [-0.39, 0.29) is 5.91 Å². The van der Waals surface area contributed by atoms with Crippen molar-refractivity contribution in [2.24, 2.45) is 0 Å². The van der Waals surface area contributed by atoms with Crippen LogP contribution in [0.15, 0.2) is 67.3 Å². The van der Waals surface area contributed by atoms with Crippen molar-refractivity contribution in [3.05, 3.63) is 72.9 Å². The first-order valence-corrected chi connectivity index (χ1v) is 7.57. The van der Waals surface area contributed by atoms with Crippen LogP contribution >= 0.6 is 0 Å². The van der Waals surface area contributed by atoms with Gasteiger partial charge in [-0.3, -0.25) is 4.79 Å². The Hall–Kier alpha value is -2.09. The summed E-state index contributed by atoms with van der Waals surface area (Å²) in [5, 5.41) is 0. The van der Waals surface area contributed by atoms with Gasteiger partial charge in [0, 0.05) is 13.5 Å². The smallest absolute Gasteiger partial charge is 0.220 e. The molecule has 0 aliphatic heterocycles. The molecule has 1 amide bonds. The van der Waals surface area contributed by atoms with Gasteiger partial charge in [-0.2, -0.15) is 0 Å². The zero-order valence-electron chi connectivity index (χ0n) is 14.1. The van der Waals surface area contributed by atoms with Crippen molar-refractivity contribution in [2.75, 3.05) is 6.54 Å². The van der Waals surface area contributed by atoms with Crippen LogP contribution in [0.1, 0.15) is 39.2 Å². The van der Waals surface area contributed by atoms with E-state index in [4.69, 9.17) is 0 Å². The quantitative estimate of drug-likeness (QED) is 0.628. The molecule has 0 aliphatic rings. The molecule has 22 heavy (non-hydrogen) atoms. The summed E-state index contributed by atoms with van der Waals surface area (Å²) in [6.45, 7) is 18.1. The van der Waals surface area contributed by atoms with Crippen molar-refractivity contribution in [3.8, 4) is 0 Å². The van der Waals surface area contributed by atoms with Crippen LogP contribution in [0.4, 0.5) is 0 Å². The van der Waals surface area contributed by atoms with Crippen molar-refractivity contribution in [3.63, 3.8) is 0 Å². The molecule has 0 radical (unpaired) electrons. The summed E-state index contributed by atoms with van der Waals surface area (Å²) in [6.07, 6.45) is 3.19. The van der Waals surface area contributed by atoms with E-state index in [0.29, 0.717) is 19.4 Å². The second-order valence-corrected chi connectivity index (χ2v) is 6.08. The largest absolute Gasteiger partial charge is 0.329 e. The van der Waals surface area contributed by atoms with Gasteiger partial charge in [0.15, 0.2) is 0 Å². The molecule has 0 aliphatic carbocycles. The number of amides is 1. The molecule has 1 rings (SSSR count). The van der Waals surface area contributed by atoms with Gasteiger partial charge in [0.05, 0.1) is 5.54 Å². The molecule has 0 saturated carbocycles. The second-order valence-electron chi connectivity index (χ2n) is 6.08. The van der Waals surface area contributed by atoms with E-state index in [0.717, 1.165) is 16.7 Å². The van der Waals surface area contributed by atoms with Gasteiger partial charge in [-0.25, -0.2) is 0 Å². The zero-order chi connectivity index (χ0) is 16.8. The molecule has 2 nitrogen and oxygen atoms in total. The lowest BCUT2D eigenvalue weighted by molar-refractivity contribution is -0.135. The molecular formula is C20H27NO. The average Bonchev–Trinajstić information content (AvgIpc) is 2.43. The second kappa shape index (κ2) is 7.79. The summed E-state index contributed by atoms with van der Waals surface area (Å²) in [4.78, 5) is 14.2. The molecule has 0 aromatic heterocycles. The van der Waals surface area contributed by atoms with Crippen molar-refractivity contribution in [1.29, 1.82) is 0 Å². The Morgan fingerprint density at radius 2 is 1.59 bits per heavy atom. The molecule has 1 aromatic rings. The molecule has 0 bridgehead atoms. The normalized spacial score (nSPS) is 10.9. The highest BCUT2D eigenvalue weighted by Gasteiger charge is 2.39. The van der Waals surface area contributed by atoms with Gasteiger partial charge in [0.25, 0.3) is 0 Å². The summed E-state index contributed by atoms with van der Waals surface area (Å²) in [6, 6.07) is 10.2. The molecule has 0 atom stereocenters. The van der Waals surface area contributed by atoms with Crippen molar-refractivity contribution in [2.45, 2.75) is 39.2 Å². The molecule has 0 N–H and O–H groups in total. The van der Waals surface area contributed by atoms with E-state index in [1.807, 2.05) is 36.9 Å². The monoisotopic (exact) mass is 297 g/mol. The van der Waals surface area contributed by atoms with Crippen LogP contribution in [0.3, 0.4) is 0 Å². The molecule has 0 fully saturated rings. The van der Waals surface area contributed by atoms with Gasteiger partial charge in [-0.1, -0.05) is 47.6 Å². The standard InChI is InChI=1S/C20H27NO/c1-7-13-21(18(6)22)20(14-16(2)3,15-17(4)5)19-11-9-8-10-12-19/h7-12H,1-2,4,13-15H2,3,5-6H3. The molecule has 2 heteroatoms. The van der Waals surface area contributed by atoms with E-state index in [9.17, 15) is 4.79 Å². The Kier molecular flexibility index (Phi) is 6.36. The number of hydrogen-bond acceptors (Lipinski definition) is 1. The molecule has 0 saturated heterocycles. The van der Waals surface area contributed by atoms with Crippen LogP contribution in [0.5, 0.6) is 0 Å². The number of benzene rings is 1. The van der Waals surface area contributed by atoms with Gasteiger partial charge in [-0.15, -0.1) is 19.7 Å². The van der Waals surface area contributed by atoms with Crippen LogP contribution in [0.25, 0.3) is 0 Å². The van der Waals surface area contributed by atoms with Crippen LogP contribution in [0.2, 0.25) is 0 Å². The minimum absolute atomic E-state index is 0.0336. The Labute approximate surface area is 134 Å². The molecule has 0 heterocycles. The van der Waals surface area contributed by atoms with Crippen molar-refractivity contribution in [1.82, 2.24) is 4.90 Å². The Morgan fingerprint density at radius 1 is 1.09 bits per heavy atom. The maximum absolute atomic E-state index is 12.3. The Balaban J connectivity index is 3.55. The Bertz CT molecular complexity index is 540. The third-order valence-corrected chi connectivity index (χ3v) is 3.71. The summed E-state index contributed by atoms with van der Waals surface area (Å²) in [5.74, 6) is 0.0336. The Morgan fingerprint density at radius 3 is 1.95 bits per heavy atom. The lowest BCUT2D eigenvalue weighted by atomic mass is 9.77. The van der Waals surface area contributed by atoms with E-state index in [1.54, 1.807) is 13.0 Å². The van der Waals surface area contributed by atoms with Crippen molar-refractivity contribution < 1.29 is 4.79 Å². The third-order valence-electron chi connectivity index (χ3n) is 3.71. The minimum atomic E-state index is -0.459. The predicted octanol–water partition coefficient (Wildman–Crippen LogP) is 4.85. The fraction of sp³-hybridized carbons (Fsp3) is 0.350. The zero-order valence-corrected chi connectivity index (χ0v) is 14.1. The van der Waals surface area contributed by atoms with Gasteiger partial charge in [0.2, 0.25) is 5.91 Å². The minimum Gasteiger partial charge on any atom is -0.329 e. The molecule has 118 valence electrons. The van der Waals surface area contributed by atoms with Gasteiger partial charge >= 0.3 is 0 Å². The fourth-order valence-corrected chi connectivity index (χ4v) is 3.09. The van der Waals surface area contributed by atoms with E-state index < -0.39 is 5.54 Å². The summed E-state index contributed by atoms with van der Waals surface area (Å²) >= 11 is 0. The van der Waals surface area contributed by atoms with E-state index in [1.165, 1.54) is 0 Å². The SMILES string of the molecule is C=CCN(C(C)=O)C(CC(=C)C)(CC(=C)C)c1ccccc1. The van der Waals surface area contributed by atoms with E-state index >= 15 is 0 Å². The highest BCUT2D eigenvalue weighted by molar-refractivity contribution is 5.75. The first-order chi connectivity index (χ1) is 10.3. The van der Waals surface area contributed by atoms with Crippen LogP contribution in [-0.2, 0) is 10.3 Å². The summed E-state index contributed by atoms with van der Waals surface area (Å²) < 4.78 is 0. The average molecular weight is 297 g/mol. The summed E-state index contributed by atoms with van der Waals surface area (Å²) in [5.41, 5.74) is 2.73. The topological polar surface area (TPSA) is 20.3 Å². The van der Waals surface area contributed by atoms with E-state index in [2.05, 4.69) is 31.9 Å². The molecule has 1 aromatic carbocycles. The fourth-order valence-electron chi connectivity index (χ4n) is 3.09. The van der Waals surface area contributed by atoms with Crippen LogP contribution < -0.4 is 0 Å². The third kappa shape index (κ3) is 4.20. The molecular weight excluding hydrogens is 270 g/mol. The van der Waals surface area contributed by atoms with Crippen LogP contribution in [-0.4, -0.2) is 17.4 Å². The van der Waals surface area contributed by atoms with Gasteiger partial charge in [-0.05, 0) is 32.3 Å². The maximum atomic E-state index is 12.3. The number of carbonyl (C=O) groups is 1. The number of rotatable bonds is 8. The lowest BCUT2D eigenvalue weighted by Crippen LogP contribution is -2.49. The van der Waals surface area contributed by atoms with Crippen LogP contribution in [0, 0.1) is 0 Å². The first-order valence-electron chi connectivity index (χ1n) is 7.57. The highest BCUT2D eigenvalue weighted by atomic mass is 16.2. The van der Waals surface area contributed by atoms with Gasteiger partial charge < -0.3 is 4.90 Å². The summed E-state index contributed by atoms with van der Waals surface area (Å²) in [7, 11) is 0. The number of nitrogens with zero attached hydrogens (tertiary/aromatic N) is 1. The molecule has 0 unspecified atom stereocenters. The number of carbonyl (C=O) groups excluding carboxylic acids is 1. The lowest BCUT2D eigenvalue weighted by Gasteiger charge is -2.44. The van der Waals surface area contributed by atoms with Crippen molar-refractivity contribution >= 4 is 5.91 Å². The highest BCUT2D eigenvalue weighted by Crippen LogP contribution is 2.40. The predicted molar refractivity (Wildman–Crippen MR) is 94.6 cm³/mol. The molecule has 0 spiro atoms. The van der Waals surface area contributed by atoms with Gasteiger partial charge in [0.1, 0.15) is 0 Å². The first kappa shape index (κ1) is 18.0. The number of hydrogen-bond donors (Lipinski definition) is 0. The maximum Gasteiger partial charge on any atom is 0.220 e.